The van der Waals surface area contributed by atoms with Gasteiger partial charge in [-0.15, -0.1) is 0 Å². The first-order valence-corrected chi connectivity index (χ1v) is 11.0. The van der Waals surface area contributed by atoms with E-state index < -0.39 is 5.92 Å². The zero-order valence-electron chi connectivity index (χ0n) is 17.1. The lowest BCUT2D eigenvalue weighted by Gasteiger charge is -2.37. The summed E-state index contributed by atoms with van der Waals surface area (Å²) in [4.78, 5) is 26.4. The van der Waals surface area contributed by atoms with E-state index in [0.717, 1.165) is 33.4 Å². The number of carbonyl (C=O) groups excluding carboxylic acids is 2. The predicted molar refractivity (Wildman–Crippen MR) is 120 cm³/mol. The molecule has 0 radical (unpaired) electrons. The van der Waals surface area contributed by atoms with Gasteiger partial charge in [0, 0.05) is 33.8 Å². The van der Waals surface area contributed by atoms with Gasteiger partial charge in [0.15, 0.2) is 5.78 Å². The third kappa shape index (κ3) is 3.74. The summed E-state index contributed by atoms with van der Waals surface area (Å²) in [6.07, 6.45) is 1.17. The molecular weight excluding hydrogens is 442 g/mol. The quantitative estimate of drug-likeness (QED) is 0.616. The Hall–Kier alpha value is -2.66. The Labute approximate surface area is 185 Å². The van der Waals surface area contributed by atoms with Gasteiger partial charge in [-0.2, -0.15) is 0 Å². The molecule has 0 saturated carbocycles. The van der Waals surface area contributed by atoms with Crippen LogP contribution in [0.2, 0.25) is 0 Å². The van der Waals surface area contributed by atoms with Crippen LogP contribution in [0.3, 0.4) is 0 Å². The van der Waals surface area contributed by atoms with Crippen molar-refractivity contribution in [3.8, 4) is 0 Å². The van der Waals surface area contributed by atoms with Crippen LogP contribution in [0.4, 0.5) is 0 Å². The molecule has 0 aromatic heterocycles. The van der Waals surface area contributed by atoms with E-state index in [-0.39, 0.29) is 24.3 Å². The Balaban J connectivity index is 1.82. The number of hydrogen-bond donors (Lipinski definition) is 1. The normalized spacial score (nSPS) is 21.2. The highest BCUT2D eigenvalue weighted by atomic mass is 79.9. The molecule has 2 aliphatic rings. The van der Waals surface area contributed by atoms with Crippen molar-refractivity contribution in [3.63, 3.8) is 0 Å². The molecule has 0 fully saturated rings. The SMILES string of the molecule is CCOC(=O)C1=C(C)NC2=C(C(=O)C[C@@H](c3ccccc3)C2)[C@@H]1c1ccccc1Br. The van der Waals surface area contributed by atoms with E-state index in [1.54, 1.807) is 6.92 Å². The van der Waals surface area contributed by atoms with Crippen LogP contribution in [0.25, 0.3) is 0 Å². The van der Waals surface area contributed by atoms with E-state index in [0.29, 0.717) is 17.6 Å². The molecule has 5 heteroatoms. The van der Waals surface area contributed by atoms with E-state index in [2.05, 4.69) is 33.4 Å². The summed E-state index contributed by atoms with van der Waals surface area (Å²) >= 11 is 3.62. The van der Waals surface area contributed by atoms with Gasteiger partial charge in [0.2, 0.25) is 0 Å². The highest BCUT2D eigenvalue weighted by Gasteiger charge is 2.41. The van der Waals surface area contributed by atoms with Crippen molar-refractivity contribution in [2.24, 2.45) is 0 Å². The van der Waals surface area contributed by atoms with Gasteiger partial charge in [0.25, 0.3) is 0 Å². The molecule has 154 valence electrons. The van der Waals surface area contributed by atoms with E-state index in [1.165, 1.54) is 0 Å². The molecule has 0 saturated heterocycles. The van der Waals surface area contributed by atoms with Gasteiger partial charge in [0.1, 0.15) is 0 Å². The molecular formula is C25H24BrNO3. The van der Waals surface area contributed by atoms with E-state index in [4.69, 9.17) is 4.74 Å². The summed E-state index contributed by atoms with van der Waals surface area (Å²) in [6.45, 7) is 3.96. The molecule has 2 aromatic carbocycles. The minimum Gasteiger partial charge on any atom is -0.463 e. The summed E-state index contributed by atoms with van der Waals surface area (Å²) in [5, 5.41) is 3.38. The minimum absolute atomic E-state index is 0.0765. The zero-order chi connectivity index (χ0) is 21.3. The topological polar surface area (TPSA) is 55.4 Å². The first kappa shape index (κ1) is 20.6. The number of halogens is 1. The first-order valence-electron chi connectivity index (χ1n) is 10.2. The maximum atomic E-state index is 13.5. The van der Waals surface area contributed by atoms with Crippen LogP contribution >= 0.6 is 15.9 Å². The number of ether oxygens (including phenoxy) is 1. The van der Waals surface area contributed by atoms with E-state index >= 15 is 0 Å². The fourth-order valence-corrected chi connectivity index (χ4v) is 5.01. The molecule has 30 heavy (non-hydrogen) atoms. The number of allylic oxidation sites excluding steroid dienone is 3. The van der Waals surface area contributed by atoms with Crippen molar-refractivity contribution < 1.29 is 14.3 Å². The molecule has 0 amide bonds. The maximum Gasteiger partial charge on any atom is 0.336 e. The lowest BCUT2D eigenvalue weighted by Crippen LogP contribution is -2.36. The van der Waals surface area contributed by atoms with Gasteiger partial charge >= 0.3 is 5.97 Å². The summed E-state index contributed by atoms with van der Waals surface area (Å²) in [6, 6.07) is 17.9. The summed E-state index contributed by atoms with van der Waals surface area (Å²) in [5.41, 5.74) is 4.91. The van der Waals surface area contributed by atoms with Gasteiger partial charge in [-0.05, 0) is 43.4 Å². The maximum absolute atomic E-state index is 13.5. The second-order valence-corrected chi connectivity index (χ2v) is 8.52. The number of benzene rings is 2. The monoisotopic (exact) mass is 465 g/mol. The number of rotatable bonds is 4. The average Bonchev–Trinajstić information content (AvgIpc) is 2.74. The molecule has 4 nitrogen and oxygen atoms in total. The second kappa shape index (κ2) is 8.60. The minimum atomic E-state index is -0.444. The van der Waals surface area contributed by atoms with Gasteiger partial charge < -0.3 is 10.1 Å². The molecule has 0 unspecified atom stereocenters. The van der Waals surface area contributed by atoms with Crippen LogP contribution < -0.4 is 5.32 Å². The lowest BCUT2D eigenvalue weighted by atomic mass is 9.72. The number of hydrogen-bond acceptors (Lipinski definition) is 4. The summed E-state index contributed by atoms with van der Waals surface area (Å²) < 4.78 is 6.23. The Morgan fingerprint density at radius 2 is 1.80 bits per heavy atom. The fourth-order valence-electron chi connectivity index (χ4n) is 4.50. The van der Waals surface area contributed by atoms with Crippen molar-refractivity contribution in [3.05, 3.63) is 92.7 Å². The van der Waals surface area contributed by atoms with Gasteiger partial charge in [-0.25, -0.2) is 4.79 Å². The Kier molecular flexibility index (Phi) is 5.91. The van der Waals surface area contributed by atoms with Gasteiger partial charge in [0.05, 0.1) is 12.2 Å². The van der Waals surface area contributed by atoms with Crippen LogP contribution in [0, 0.1) is 0 Å². The molecule has 2 atom stereocenters. The lowest BCUT2D eigenvalue weighted by molar-refractivity contribution is -0.138. The van der Waals surface area contributed by atoms with Crippen LogP contribution in [0.5, 0.6) is 0 Å². The largest absolute Gasteiger partial charge is 0.463 e. The molecule has 1 aliphatic heterocycles. The highest BCUT2D eigenvalue weighted by molar-refractivity contribution is 9.10. The number of dihydropyridines is 1. The molecule has 2 aromatic rings. The van der Waals surface area contributed by atoms with Gasteiger partial charge in [-0.1, -0.05) is 64.5 Å². The average molecular weight is 466 g/mol. The van der Waals surface area contributed by atoms with Crippen molar-refractivity contribution in [2.45, 2.75) is 38.5 Å². The molecule has 0 spiro atoms. The third-order valence-corrected chi connectivity index (χ3v) is 6.53. The first-order chi connectivity index (χ1) is 14.5. The van der Waals surface area contributed by atoms with Crippen molar-refractivity contribution in [1.82, 2.24) is 5.32 Å². The number of esters is 1. The van der Waals surface area contributed by atoms with Crippen LogP contribution in [0.1, 0.15) is 49.7 Å². The van der Waals surface area contributed by atoms with Crippen molar-refractivity contribution in [1.29, 1.82) is 0 Å². The van der Waals surface area contributed by atoms with Gasteiger partial charge in [-0.3, -0.25) is 4.79 Å². The molecule has 0 bridgehead atoms. The number of nitrogens with one attached hydrogen (secondary N) is 1. The second-order valence-electron chi connectivity index (χ2n) is 7.67. The number of ketones is 1. The van der Waals surface area contributed by atoms with Crippen LogP contribution in [-0.4, -0.2) is 18.4 Å². The van der Waals surface area contributed by atoms with Crippen LogP contribution in [-0.2, 0) is 14.3 Å². The van der Waals surface area contributed by atoms with E-state index in [1.807, 2.05) is 49.4 Å². The fraction of sp³-hybridized carbons (Fsp3) is 0.280. The Morgan fingerprint density at radius 1 is 1.10 bits per heavy atom. The molecule has 1 heterocycles. The molecule has 1 N–H and O–H groups in total. The molecule has 1 aliphatic carbocycles. The smallest absolute Gasteiger partial charge is 0.336 e. The Bertz CT molecular complexity index is 1060. The van der Waals surface area contributed by atoms with Crippen LogP contribution in [0.15, 0.2) is 81.6 Å². The summed E-state index contributed by atoms with van der Waals surface area (Å²) in [7, 11) is 0. The number of carbonyl (C=O) groups is 2. The van der Waals surface area contributed by atoms with Crippen molar-refractivity contribution in [2.75, 3.05) is 6.61 Å². The zero-order valence-corrected chi connectivity index (χ0v) is 18.7. The Morgan fingerprint density at radius 3 is 2.50 bits per heavy atom. The third-order valence-electron chi connectivity index (χ3n) is 5.81. The van der Waals surface area contributed by atoms with E-state index in [9.17, 15) is 9.59 Å². The standard InChI is InChI=1S/C25H24BrNO3/c1-3-30-25(29)22-15(2)27-20-13-17(16-9-5-4-6-10-16)14-21(28)24(20)23(22)18-11-7-8-12-19(18)26/h4-12,17,23,27H,3,13-14H2,1-2H3/t17-,23+/m0/s1. The van der Waals surface area contributed by atoms with Crippen molar-refractivity contribution >= 4 is 27.7 Å². The summed E-state index contributed by atoms with van der Waals surface area (Å²) in [5.74, 6) is -0.623. The predicted octanol–water partition coefficient (Wildman–Crippen LogP) is 5.37. The highest BCUT2D eigenvalue weighted by Crippen LogP contribution is 2.47. The molecule has 4 rings (SSSR count). The number of Topliss-reactive ketones (excluding diaryl/α,β-unsaturated/α-hetero) is 1.